The van der Waals surface area contributed by atoms with Gasteiger partial charge in [0.1, 0.15) is 24.5 Å². The van der Waals surface area contributed by atoms with E-state index in [-0.39, 0.29) is 18.1 Å². The highest BCUT2D eigenvalue weighted by molar-refractivity contribution is 6.30. The molecule has 2 fully saturated rings. The minimum absolute atomic E-state index is 0.101. The minimum Gasteiger partial charge on any atom is -0.439 e. The summed E-state index contributed by atoms with van der Waals surface area (Å²) >= 11 is 5.81. The summed E-state index contributed by atoms with van der Waals surface area (Å²) in [5, 5.41) is 16.9. The van der Waals surface area contributed by atoms with Crippen molar-refractivity contribution in [3.05, 3.63) is 53.9 Å². The molecule has 1 aliphatic carbocycles. The smallest absolute Gasteiger partial charge is 0.299 e. The van der Waals surface area contributed by atoms with Crippen molar-refractivity contribution >= 4 is 34.4 Å². The fourth-order valence-corrected chi connectivity index (χ4v) is 4.69. The van der Waals surface area contributed by atoms with Gasteiger partial charge in [0.15, 0.2) is 5.65 Å². The number of carbonyl (C=O) groups is 1. The Labute approximate surface area is 224 Å². The van der Waals surface area contributed by atoms with Crippen LogP contribution in [0.2, 0.25) is 5.02 Å². The summed E-state index contributed by atoms with van der Waals surface area (Å²) in [5.41, 5.74) is 8.29. The topological polar surface area (TPSA) is 143 Å². The van der Waals surface area contributed by atoms with E-state index in [1.807, 2.05) is 29.2 Å². The first-order valence-electron chi connectivity index (χ1n) is 12.2. The summed E-state index contributed by atoms with van der Waals surface area (Å²) in [6.45, 7) is 0.617. The summed E-state index contributed by atoms with van der Waals surface area (Å²) in [4.78, 5) is 25.8. The number of hydrogen-bond donors (Lipinski definition) is 3. The minimum atomic E-state index is -0.230. The predicted octanol–water partition coefficient (Wildman–Crippen LogP) is 3.97. The van der Waals surface area contributed by atoms with E-state index in [1.54, 1.807) is 12.1 Å². The molecule has 1 aliphatic heterocycles. The number of nitrogens with two attached hydrogens (primary N) is 1. The lowest BCUT2D eigenvalue weighted by molar-refractivity contribution is -0.129. The summed E-state index contributed by atoms with van der Waals surface area (Å²) in [7, 11) is 0. The van der Waals surface area contributed by atoms with E-state index in [4.69, 9.17) is 27.2 Å². The van der Waals surface area contributed by atoms with Crippen molar-refractivity contribution in [2.45, 2.75) is 37.6 Å². The number of aliphatic hydroxyl groups excluding tert-OH is 1. The number of ether oxygens (including phenoxy) is 1. The second-order valence-electron chi connectivity index (χ2n) is 9.10. The molecule has 1 amide bonds. The number of aliphatic hydroxyl groups is 1. The average molecular weight is 532 g/mol. The monoisotopic (exact) mass is 531 g/mol. The number of piperidine rings is 1. The van der Waals surface area contributed by atoms with Gasteiger partial charge >= 0.3 is 0 Å². The number of nitrogens with one attached hydrogen (secondary N) is 1. The van der Waals surface area contributed by atoms with Crippen molar-refractivity contribution in [2.24, 2.45) is 0 Å². The molecule has 11 heteroatoms. The van der Waals surface area contributed by atoms with E-state index in [1.165, 1.54) is 18.9 Å². The van der Waals surface area contributed by atoms with Crippen molar-refractivity contribution < 1.29 is 14.6 Å². The van der Waals surface area contributed by atoms with Gasteiger partial charge in [0.25, 0.3) is 5.91 Å². The number of carbonyl (C=O) groups excluding carboxylic acids is 1. The van der Waals surface area contributed by atoms with Crippen LogP contribution in [0.1, 0.15) is 32.1 Å². The van der Waals surface area contributed by atoms with Gasteiger partial charge in [-0.15, -0.1) is 0 Å². The van der Waals surface area contributed by atoms with Crippen LogP contribution in [0.5, 0.6) is 11.6 Å². The lowest BCUT2D eigenvalue weighted by atomic mass is 10.00. The molecule has 10 nitrogen and oxygen atoms in total. The maximum atomic E-state index is 11.7. The Bertz CT molecular complexity index is 1490. The maximum absolute atomic E-state index is 11.7. The number of nitrogen functional groups attached to an aromatic ring is 1. The zero-order valence-electron chi connectivity index (χ0n) is 20.5. The number of anilines is 1. The summed E-state index contributed by atoms with van der Waals surface area (Å²) in [5.74, 6) is 6.32. The molecule has 0 radical (unpaired) electrons. The van der Waals surface area contributed by atoms with E-state index in [0.29, 0.717) is 33.5 Å². The van der Waals surface area contributed by atoms with Crippen LogP contribution in [0.25, 0.3) is 22.3 Å². The zero-order chi connectivity index (χ0) is 26.5. The Morgan fingerprint density at radius 2 is 1.95 bits per heavy atom. The molecule has 1 saturated heterocycles. The molecule has 3 aromatic heterocycles. The first-order chi connectivity index (χ1) is 18.5. The van der Waals surface area contributed by atoms with Gasteiger partial charge in [-0.25, -0.2) is 15.0 Å². The highest BCUT2D eigenvalue weighted by atomic mass is 35.5. The third-order valence-electron chi connectivity index (χ3n) is 6.64. The van der Waals surface area contributed by atoms with E-state index in [0.717, 1.165) is 43.5 Å². The third kappa shape index (κ3) is 5.54. The van der Waals surface area contributed by atoms with Crippen LogP contribution in [0.15, 0.2) is 48.9 Å². The number of likely N-dealkylation sites (tertiary alicyclic amines) is 1. The van der Waals surface area contributed by atoms with Crippen molar-refractivity contribution in [1.29, 1.82) is 0 Å². The van der Waals surface area contributed by atoms with Gasteiger partial charge in [0.2, 0.25) is 5.88 Å². The first-order valence-corrected chi connectivity index (χ1v) is 12.6. The molecule has 4 aromatic rings. The number of amides is 1. The highest BCUT2D eigenvalue weighted by Gasteiger charge is 2.50. The Morgan fingerprint density at radius 1 is 1.13 bits per heavy atom. The lowest BCUT2D eigenvalue weighted by Crippen LogP contribution is -2.45. The van der Waals surface area contributed by atoms with Crippen molar-refractivity contribution in [1.82, 2.24) is 30.0 Å². The van der Waals surface area contributed by atoms with Gasteiger partial charge < -0.3 is 20.5 Å². The van der Waals surface area contributed by atoms with E-state index >= 15 is 0 Å². The lowest BCUT2D eigenvalue weighted by Gasteiger charge is -2.34. The second kappa shape index (κ2) is 11.0. The number of hydrogen-bond acceptors (Lipinski definition) is 8. The van der Waals surface area contributed by atoms with E-state index < -0.39 is 0 Å². The maximum Gasteiger partial charge on any atom is 0.299 e. The van der Waals surface area contributed by atoms with Gasteiger partial charge in [0.05, 0.1) is 16.1 Å². The molecule has 1 spiro atoms. The number of aromatic nitrogens is 5. The molecule has 0 unspecified atom stereocenters. The Balaban J connectivity index is 0.000000179. The quantitative estimate of drug-likeness (QED) is 0.337. The van der Waals surface area contributed by atoms with Crippen molar-refractivity contribution in [3.8, 4) is 34.7 Å². The van der Waals surface area contributed by atoms with Gasteiger partial charge in [0, 0.05) is 29.9 Å². The number of fused-ring (bicyclic) bond motifs is 1. The Kier molecular flexibility index (Phi) is 7.40. The second-order valence-corrected chi connectivity index (χ2v) is 9.53. The van der Waals surface area contributed by atoms with Crippen molar-refractivity contribution in [3.63, 3.8) is 0 Å². The van der Waals surface area contributed by atoms with Gasteiger partial charge in [-0.05, 0) is 68.4 Å². The van der Waals surface area contributed by atoms with Crippen LogP contribution in [-0.4, -0.2) is 59.8 Å². The number of pyridine rings is 1. The molecule has 4 N–H and O–H groups in total. The van der Waals surface area contributed by atoms with Crippen LogP contribution >= 0.6 is 11.6 Å². The van der Waals surface area contributed by atoms with Gasteiger partial charge in [-0.1, -0.05) is 17.5 Å². The van der Waals surface area contributed by atoms with Crippen LogP contribution in [-0.2, 0) is 4.79 Å². The number of nitrogens with zero attached hydrogens (tertiary/aromatic N) is 5. The fourth-order valence-electron chi connectivity index (χ4n) is 4.58. The molecular formula is C27H26ClN7O3. The van der Waals surface area contributed by atoms with Crippen molar-refractivity contribution in [2.75, 3.05) is 18.9 Å². The molecule has 2 aliphatic rings. The number of rotatable bonds is 3. The van der Waals surface area contributed by atoms with Gasteiger partial charge in [-0.3, -0.25) is 9.89 Å². The van der Waals surface area contributed by atoms with Crippen LogP contribution in [0.4, 0.5) is 5.82 Å². The van der Waals surface area contributed by atoms with Crippen LogP contribution in [0.3, 0.4) is 0 Å². The summed E-state index contributed by atoms with van der Waals surface area (Å²) < 4.78 is 5.67. The first kappa shape index (κ1) is 25.4. The summed E-state index contributed by atoms with van der Waals surface area (Å²) in [6, 6.07) is 10.9. The zero-order valence-corrected chi connectivity index (χ0v) is 21.3. The molecular weight excluding hydrogens is 506 g/mol. The molecule has 1 saturated carbocycles. The standard InChI is InChI=1S/C16H11ClN6O.C11H15NO2/c17-10-3-6-12(19-7-10)24-11-4-1-9(2-5-11)14-13-15(18)20-8-21-16(13)23-22-14;13-9-3-4-10(14)12-8-2-1-5-11(12)6-7-11/h1-8H,(H3,18,20,21,22,23);13H,1-2,5-9H2. The highest BCUT2D eigenvalue weighted by Crippen LogP contribution is 2.48. The normalized spacial score (nSPS) is 15.3. The molecule has 0 atom stereocenters. The predicted molar refractivity (Wildman–Crippen MR) is 143 cm³/mol. The molecule has 38 heavy (non-hydrogen) atoms. The molecule has 0 bridgehead atoms. The Hall–Kier alpha value is -4.20. The van der Waals surface area contributed by atoms with Crippen LogP contribution in [0, 0.1) is 11.8 Å². The number of H-pyrrole nitrogens is 1. The van der Waals surface area contributed by atoms with E-state index in [9.17, 15) is 4.79 Å². The Morgan fingerprint density at radius 3 is 2.66 bits per heavy atom. The number of halogens is 1. The molecule has 1 aromatic carbocycles. The third-order valence-corrected chi connectivity index (χ3v) is 6.86. The average Bonchev–Trinajstić information content (AvgIpc) is 3.55. The SMILES string of the molecule is Nc1ncnc2n[nH]c(-c3ccc(Oc4ccc(Cl)cn4)cc3)c12.O=C(C#CCO)N1CCCCC12CC2. The fraction of sp³-hybridized carbons (Fsp3) is 0.296. The summed E-state index contributed by atoms with van der Waals surface area (Å²) in [6.07, 6.45) is 8.66. The molecule has 6 rings (SSSR count). The van der Waals surface area contributed by atoms with Crippen LogP contribution < -0.4 is 10.5 Å². The van der Waals surface area contributed by atoms with Gasteiger partial charge in [-0.2, -0.15) is 5.10 Å². The molecule has 4 heterocycles. The number of aromatic amines is 1. The van der Waals surface area contributed by atoms with E-state index in [2.05, 4.69) is 37.0 Å². The number of benzene rings is 1. The largest absolute Gasteiger partial charge is 0.439 e. The molecule has 194 valence electrons.